The summed E-state index contributed by atoms with van der Waals surface area (Å²) in [5, 5.41) is 11.6. The van der Waals surface area contributed by atoms with E-state index in [1.54, 1.807) is 0 Å². The van der Waals surface area contributed by atoms with Gasteiger partial charge in [0.25, 0.3) is 0 Å². The molecule has 0 amide bonds. The van der Waals surface area contributed by atoms with Crippen LogP contribution in [0.5, 0.6) is 0 Å². The van der Waals surface area contributed by atoms with Crippen molar-refractivity contribution in [3.8, 4) is 16.8 Å². The number of hydrogen-bond acceptors (Lipinski definition) is 3. The van der Waals surface area contributed by atoms with E-state index in [0.29, 0.717) is 0 Å². The number of anilines is 2. The smallest absolute Gasteiger partial charge is 0.212 e. The van der Waals surface area contributed by atoms with Gasteiger partial charge < -0.3 is 14.3 Å². The maximum Gasteiger partial charge on any atom is 0.212 e. The largest absolute Gasteiger partial charge is 0.456 e. The molecule has 7 aromatic carbocycles. The quantitative estimate of drug-likeness (QED) is 0.181. The average Bonchev–Trinajstić information content (AvgIpc) is 3.90. The first kappa shape index (κ1) is 36.1. The summed E-state index contributed by atoms with van der Waals surface area (Å²) in [7, 11) is 0. The second-order valence-electron chi connectivity index (χ2n) is 20.1. The van der Waals surface area contributed by atoms with E-state index in [1.165, 1.54) is 104 Å². The standard InChI is InChI=1S/C55H49BN2OS/c1-53(2,3)31-17-19-32(20-18-31)57-42-29-40-39(54(4,5)25-26-55(40,6)7)27-37(42)34-21-22-36-49-43(23-24-46-50(49)35-14-9-11-15-45(35)59-46)58-44-28-38-33-13-10-12-16-47(33)60-48(38)30-41(44)56(8)51(34)52(36)58/h9-24,27-30,57H,25-26H2,1-8H3. The summed E-state index contributed by atoms with van der Waals surface area (Å²) < 4.78 is 11.8. The van der Waals surface area contributed by atoms with Gasteiger partial charge in [-0.1, -0.05) is 116 Å². The van der Waals surface area contributed by atoms with Crippen LogP contribution in [0.1, 0.15) is 78.0 Å². The maximum atomic E-state index is 6.55. The van der Waals surface area contributed by atoms with Crippen LogP contribution in [0.3, 0.4) is 0 Å². The van der Waals surface area contributed by atoms with E-state index in [4.69, 9.17) is 4.42 Å². The number of benzene rings is 7. The van der Waals surface area contributed by atoms with Gasteiger partial charge in [-0.2, -0.15) is 0 Å². The highest BCUT2D eigenvalue weighted by Gasteiger charge is 2.39. The predicted molar refractivity (Wildman–Crippen MR) is 261 cm³/mol. The van der Waals surface area contributed by atoms with Crippen molar-refractivity contribution in [1.82, 2.24) is 4.57 Å². The first-order chi connectivity index (χ1) is 28.8. The molecule has 60 heavy (non-hydrogen) atoms. The Morgan fingerprint density at radius 1 is 0.650 bits per heavy atom. The zero-order valence-electron chi connectivity index (χ0n) is 35.8. The van der Waals surface area contributed by atoms with Crippen LogP contribution >= 0.6 is 11.3 Å². The molecule has 5 heteroatoms. The molecule has 1 aliphatic heterocycles. The zero-order valence-corrected chi connectivity index (χ0v) is 36.6. The monoisotopic (exact) mass is 796 g/mol. The molecule has 4 heterocycles. The fourth-order valence-corrected chi connectivity index (χ4v) is 12.1. The Kier molecular flexibility index (Phi) is 7.32. The molecular weight excluding hydrogens is 747 g/mol. The third-order valence-electron chi connectivity index (χ3n) is 14.4. The van der Waals surface area contributed by atoms with Gasteiger partial charge >= 0.3 is 0 Å². The lowest BCUT2D eigenvalue weighted by Gasteiger charge is -2.42. The topological polar surface area (TPSA) is 30.1 Å². The van der Waals surface area contributed by atoms with Crippen molar-refractivity contribution in [1.29, 1.82) is 0 Å². The first-order valence-corrected chi connectivity index (χ1v) is 22.5. The summed E-state index contributed by atoms with van der Waals surface area (Å²) in [4.78, 5) is 0. The number of para-hydroxylation sites is 1. The first-order valence-electron chi connectivity index (χ1n) is 21.7. The molecule has 2 aliphatic rings. The maximum absolute atomic E-state index is 6.55. The van der Waals surface area contributed by atoms with Gasteiger partial charge in [0.2, 0.25) is 6.71 Å². The molecule has 10 aromatic rings. The predicted octanol–water partition coefficient (Wildman–Crippen LogP) is 14.7. The number of nitrogens with zero attached hydrogens (tertiary/aromatic N) is 1. The number of nitrogens with one attached hydrogen (secondary N) is 1. The van der Waals surface area contributed by atoms with E-state index in [2.05, 4.69) is 187 Å². The van der Waals surface area contributed by atoms with Crippen LogP contribution in [0.4, 0.5) is 11.4 Å². The van der Waals surface area contributed by atoms with Gasteiger partial charge in [0, 0.05) is 69.9 Å². The molecule has 3 aromatic heterocycles. The van der Waals surface area contributed by atoms with Crippen molar-refractivity contribution in [2.45, 2.75) is 84.4 Å². The minimum atomic E-state index is 0.0572. The number of furan rings is 1. The van der Waals surface area contributed by atoms with Gasteiger partial charge in [-0.3, -0.25) is 0 Å². The lowest BCUT2D eigenvalue weighted by Crippen LogP contribution is -2.46. The Morgan fingerprint density at radius 2 is 1.37 bits per heavy atom. The molecule has 0 saturated heterocycles. The molecule has 3 nitrogen and oxygen atoms in total. The van der Waals surface area contributed by atoms with Gasteiger partial charge in [0.1, 0.15) is 11.2 Å². The van der Waals surface area contributed by atoms with Crippen LogP contribution in [-0.2, 0) is 16.2 Å². The van der Waals surface area contributed by atoms with Crippen molar-refractivity contribution in [2.75, 3.05) is 5.32 Å². The Balaban J connectivity index is 1.20. The van der Waals surface area contributed by atoms with Crippen LogP contribution in [0.15, 0.2) is 126 Å². The Hall–Kier alpha value is -5.78. The highest BCUT2D eigenvalue weighted by molar-refractivity contribution is 7.26. The van der Waals surface area contributed by atoms with Crippen LogP contribution in [0.25, 0.3) is 80.7 Å². The lowest BCUT2D eigenvalue weighted by atomic mass is 9.40. The molecular formula is C55H49BN2OS. The van der Waals surface area contributed by atoms with E-state index >= 15 is 0 Å². The van der Waals surface area contributed by atoms with E-state index in [0.717, 1.165) is 28.7 Å². The summed E-state index contributed by atoms with van der Waals surface area (Å²) in [5.41, 5.74) is 17.8. The Bertz CT molecular complexity index is 3460. The summed E-state index contributed by atoms with van der Waals surface area (Å²) in [6.07, 6.45) is 2.33. The molecule has 0 unspecified atom stereocenters. The van der Waals surface area contributed by atoms with E-state index in [1.807, 2.05) is 11.3 Å². The van der Waals surface area contributed by atoms with Gasteiger partial charge in [-0.25, -0.2) is 0 Å². The fraction of sp³-hybridized carbons (Fsp3) is 0.236. The molecule has 0 saturated carbocycles. The van der Waals surface area contributed by atoms with Crippen molar-refractivity contribution in [2.24, 2.45) is 0 Å². The number of hydrogen-bond donors (Lipinski definition) is 1. The molecule has 1 N–H and O–H groups in total. The SMILES string of the molecule is CB1c2cc3sc4ccccc4c3cc2-n2c3ccc4oc5ccccc5c4c3c3ccc(-c4cc5c(cc4Nc4ccc(C(C)(C)C)cc4)C(C)(C)CCC5(C)C)c1c32. The average molecular weight is 797 g/mol. The van der Waals surface area contributed by atoms with Crippen LogP contribution in [-0.4, -0.2) is 11.3 Å². The third kappa shape index (κ3) is 5.02. The van der Waals surface area contributed by atoms with Gasteiger partial charge in [0.15, 0.2) is 0 Å². The van der Waals surface area contributed by atoms with Gasteiger partial charge in [-0.15, -0.1) is 11.3 Å². The molecule has 0 bridgehead atoms. The van der Waals surface area contributed by atoms with E-state index in [9.17, 15) is 0 Å². The zero-order chi connectivity index (χ0) is 41.0. The molecule has 1 aliphatic carbocycles. The fourth-order valence-electron chi connectivity index (χ4n) is 11.0. The number of fused-ring (bicyclic) bond motifs is 13. The normalized spacial score (nSPS) is 15.8. The molecule has 0 radical (unpaired) electrons. The van der Waals surface area contributed by atoms with Crippen molar-refractivity contribution in [3.05, 3.63) is 138 Å². The van der Waals surface area contributed by atoms with Crippen molar-refractivity contribution >= 4 is 104 Å². The number of thiophene rings is 1. The molecule has 0 fully saturated rings. The van der Waals surface area contributed by atoms with Crippen molar-refractivity contribution in [3.63, 3.8) is 0 Å². The minimum absolute atomic E-state index is 0.0572. The molecule has 12 rings (SSSR count). The number of aromatic nitrogens is 1. The van der Waals surface area contributed by atoms with Crippen LogP contribution < -0.4 is 16.2 Å². The van der Waals surface area contributed by atoms with E-state index in [-0.39, 0.29) is 23.0 Å². The van der Waals surface area contributed by atoms with Gasteiger partial charge in [-0.05, 0) is 123 Å². The molecule has 294 valence electrons. The summed E-state index contributed by atoms with van der Waals surface area (Å²) in [5.74, 6) is 0. The number of rotatable bonds is 3. The Morgan fingerprint density at radius 3 is 2.13 bits per heavy atom. The second kappa shape index (κ2) is 12.2. The highest BCUT2D eigenvalue weighted by atomic mass is 32.1. The highest BCUT2D eigenvalue weighted by Crippen LogP contribution is 2.50. The second-order valence-corrected chi connectivity index (χ2v) is 21.2. The third-order valence-corrected chi connectivity index (χ3v) is 15.6. The van der Waals surface area contributed by atoms with Gasteiger partial charge in [0.05, 0.1) is 5.52 Å². The summed E-state index contributed by atoms with van der Waals surface area (Å²) in [6, 6.07) is 46.0. The van der Waals surface area contributed by atoms with Crippen LogP contribution in [0.2, 0.25) is 6.82 Å². The molecule has 0 atom stereocenters. The minimum Gasteiger partial charge on any atom is -0.456 e. The van der Waals surface area contributed by atoms with E-state index < -0.39 is 0 Å². The van der Waals surface area contributed by atoms with Crippen LogP contribution in [0, 0.1) is 0 Å². The summed E-state index contributed by atoms with van der Waals surface area (Å²) >= 11 is 1.91. The summed E-state index contributed by atoms with van der Waals surface area (Å²) in [6.45, 7) is 19.2. The van der Waals surface area contributed by atoms with Crippen molar-refractivity contribution < 1.29 is 4.42 Å². The lowest BCUT2D eigenvalue weighted by molar-refractivity contribution is 0.332. The Labute approximate surface area is 356 Å². The molecule has 0 spiro atoms.